The number of ether oxygens (including phenoxy) is 1. The average molecular weight is 259 g/mol. The zero-order valence-electron chi connectivity index (χ0n) is 8.98. The maximum Gasteiger partial charge on any atom is 0.490 e. The van der Waals surface area contributed by atoms with E-state index in [9.17, 15) is 22.8 Å². The molecule has 0 N–H and O–H groups in total. The van der Waals surface area contributed by atoms with Crippen LogP contribution in [0.2, 0.25) is 0 Å². The Balaban J connectivity index is 2.86. The molecule has 0 saturated carbocycles. The molecule has 0 aliphatic carbocycles. The highest BCUT2D eigenvalue weighted by Crippen LogP contribution is 2.24. The van der Waals surface area contributed by atoms with Crippen molar-refractivity contribution in [2.45, 2.75) is 12.3 Å². The number of aliphatic imine (C=N–C) groups is 1. The summed E-state index contributed by atoms with van der Waals surface area (Å²) in [7, 11) is 0. The largest absolute Gasteiger partial charge is 0.490 e. The third-order valence-electron chi connectivity index (χ3n) is 1.97. The summed E-state index contributed by atoms with van der Waals surface area (Å²) in [5, 5.41) is 0. The van der Waals surface area contributed by atoms with Gasteiger partial charge in [-0.1, -0.05) is 30.3 Å². The van der Waals surface area contributed by atoms with Crippen molar-refractivity contribution in [2.75, 3.05) is 6.54 Å². The third kappa shape index (κ3) is 4.03. The number of hydrogen-bond donors (Lipinski definition) is 0. The standard InChI is InChI=1S/C11H8F3NO3/c12-11(13,14)10(17)18-9(6-15-7-16)8-4-2-1-3-5-8/h1-5,9H,6H2. The van der Waals surface area contributed by atoms with E-state index >= 15 is 0 Å². The average Bonchev–Trinajstić information content (AvgIpc) is 2.34. The molecule has 0 heterocycles. The van der Waals surface area contributed by atoms with Gasteiger partial charge in [-0.15, -0.1) is 0 Å². The molecule has 7 heteroatoms. The lowest BCUT2D eigenvalue weighted by molar-refractivity contribution is -0.204. The summed E-state index contributed by atoms with van der Waals surface area (Å²) in [6.45, 7) is -0.407. The maximum absolute atomic E-state index is 12.1. The zero-order chi connectivity index (χ0) is 13.6. The van der Waals surface area contributed by atoms with E-state index in [1.54, 1.807) is 18.2 Å². The van der Waals surface area contributed by atoms with Crippen LogP contribution < -0.4 is 0 Å². The van der Waals surface area contributed by atoms with Gasteiger partial charge in [0.2, 0.25) is 6.08 Å². The van der Waals surface area contributed by atoms with Gasteiger partial charge in [-0.25, -0.2) is 14.6 Å². The molecular formula is C11H8F3NO3. The van der Waals surface area contributed by atoms with Crippen LogP contribution in [0.5, 0.6) is 0 Å². The van der Waals surface area contributed by atoms with Crippen molar-refractivity contribution < 1.29 is 27.5 Å². The molecule has 0 radical (unpaired) electrons. The van der Waals surface area contributed by atoms with Crippen LogP contribution in [0.1, 0.15) is 11.7 Å². The molecule has 0 aliphatic heterocycles. The Morgan fingerprint density at radius 3 is 2.44 bits per heavy atom. The van der Waals surface area contributed by atoms with Gasteiger partial charge in [-0.3, -0.25) is 0 Å². The van der Waals surface area contributed by atoms with Gasteiger partial charge in [0, 0.05) is 0 Å². The molecule has 0 amide bonds. The summed E-state index contributed by atoms with van der Waals surface area (Å²) >= 11 is 0. The molecule has 4 nitrogen and oxygen atoms in total. The molecule has 1 unspecified atom stereocenters. The van der Waals surface area contributed by atoms with E-state index in [-0.39, 0.29) is 0 Å². The fourth-order valence-electron chi connectivity index (χ4n) is 1.19. The first-order valence-corrected chi connectivity index (χ1v) is 4.81. The van der Waals surface area contributed by atoms with Crippen LogP contribution >= 0.6 is 0 Å². The van der Waals surface area contributed by atoms with E-state index in [4.69, 9.17) is 0 Å². The second-order valence-corrected chi connectivity index (χ2v) is 3.23. The Hall–Kier alpha value is -2.14. The second kappa shape index (κ2) is 5.97. The quantitative estimate of drug-likeness (QED) is 0.473. The molecular weight excluding hydrogens is 251 g/mol. The van der Waals surface area contributed by atoms with Gasteiger partial charge in [0.1, 0.15) is 6.10 Å². The first kappa shape index (κ1) is 13.9. The van der Waals surface area contributed by atoms with Gasteiger partial charge in [-0.2, -0.15) is 13.2 Å². The van der Waals surface area contributed by atoms with Crippen molar-refractivity contribution in [1.29, 1.82) is 0 Å². The van der Waals surface area contributed by atoms with Crippen LogP contribution in [0.15, 0.2) is 35.3 Å². The smallest absolute Gasteiger partial charge is 0.449 e. The van der Waals surface area contributed by atoms with Gasteiger partial charge < -0.3 is 4.74 Å². The zero-order valence-corrected chi connectivity index (χ0v) is 8.98. The number of isocyanates is 1. The molecule has 96 valence electrons. The minimum atomic E-state index is -5.09. The molecule has 0 aliphatic rings. The molecule has 0 saturated heterocycles. The Labute approximate surface area is 100 Å². The number of esters is 1. The second-order valence-electron chi connectivity index (χ2n) is 3.23. The summed E-state index contributed by atoms with van der Waals surface area (Å²) in [5.74, 6) is -2.32. The van der Waals surface area contributed by atoms with Crippen molar-refractivity contribution in [3.05, 3.63) is 35.9 Å². The van der Waals surface area contributed by atoms with Crippen molar-refractivity contribution in [3.63, 3.8) is 0 Å². The van der Waals surface area contributed by atoms with E-state index < -0.39 is 24.8 Å². The van der Waals surface area contributed by atoms with Gasteiger partial charge in [0.05, 0.1) is 6.54 Å². The van der Waals surface area contributed by atoms with Crippen molar-refractivity contribution in [3.8, 4) is 0 Å². The molecule has 18 heavy (non-hydrogen) atoms. The van der Waals surface area contributed by atoms with E-state index in [0.717, 1.165) is 0 Å². The van der Waals surface area contributed by atoms with E-state index in [1.165, 1.54) is 18.2 Å². The van der Waals surface area contributed by atoms with Crippen molar-refractivity contribution >= 4 is 12.0 Å². The highest BCUT2D eigenvalue weighted by Gasteiger charge is 2.42. The molecule has 1 aromatic carbocycles. The first-order chi connectivity index (χ1) is 8.45. The van der Waals surface area contributed by atoms with Crippen LogP contribution in [0, 0.1) is 0 Å². The van der Waals surface area contributed by atoms with Gasteiger partial charge in [0.25, 0.3) is 0 Å². The molecule has 1 rings (SSSR count). The van der Waals surface area contributed by atoms with Gasteiger partial charge in [-0.05, 0) is 5.56 Å². The van der Waals surface area contributed by atoms with E-state index in [0.29, 0.717) is 5.56 Å². The summed E-state index contributed by atoms with van der Waals surface area (Å²) in [6.07, 6.45) is -5.17. The number of halogens is 3. The van der Waals surface area contributed by atoms with E-state index in [1.807, 2.05) is 0 Å². The molecule has 0 aromatic heterocycles. The summed E-state index contributed by atoms with van der Waals surface area (Å²) in [6, 6.07) is 7.71. The summed E-state index contributed by atoms with van der Waals surface area (Å²) in [4.78, 5) is 23.8. The van der Waals surface area contributed by atoms with Gasteiger partial charge >= 0.3 is 12.1 Å². The normalized spacial score (nSPS) is 12.4. The Kier molecular flexibility index (Phi) is 4.62. The highest BCUT2D eigenvalue weighted by molar-refractivity contribution is 5.75. The number of alkyl halides is 3. The van der Waals surface area contributed by atoms with Crippen LogP contribution in [0.25, 0.3) is 0 Å². The molecule has 0 bridgehead atoms. The van der Waals surface area contributed by atoms with Crippen LogP contribution in [-0.2, 0) is 14.3 Å². The highest BCUT2D eigenvalue weighted by atomic mass is 19.4. The lowest BCUT2D eigenvalue weighted by atomic mass is 10.1. The molecule has 1 atom stereocenters. The predicted molar refractivity (Wildman–Crippen MR) is 54.3 cm³/mol. The summed E-state index contributed by atoms with van der Waals surface area (Å²) < 4.78 is 40.5. The van der Waals surface area contributed by atoms with Gasteiger partial charge in [0.15, 0.2) is 0 Å². The molecule has 0 spiro atoms. The first-order valence-electron chi connectivity index (χ1n) is 4.81. The monoisotopic (exact) mass is 259 g/mol. The Morgan fingerprint density at radius 2 is 1.94 bits per heavy atom. The SMILES string of the molecule is O=C=NCC(OC(=O)C(F)(F)F)c1ccccc1. The van der Waals surface area contributed by atoms with Crippen LogP contribution in [0.4, 0.5) is 13.2 Å². The number of carbonyl (C=O) groups excluding carboxylic acids is 2. The Morgan fingerprint density at radius 1 is 1.33 bits per heavy atom. The minimum absolute atomic E-state index is 0.314. The minimum Gasteiger partial charge on any atom is -0.449 e. The number of nitrogens with zero attached hydrogens (tertiary/aromatic N) is 1. The number of benzene rings is 1. The van der Waals surface area contributed by atoms with Crippen LogP contribution in [0.3, 0.4) is 0 Å². The maximum atomic E-state index is 12.1. The third-order valence-corrected chi connectivity index (χ3v) is 1.97. The van der Waals surface area contributed by atoms with Crippen molar-refractivity contribution in [2.24, 2.45) is 4.99 Å². The fourth-order valence-corrected chi connectivity index (χ4v) is 1.19. The molecule has 0 fully saturated rings. The van der Waals surface area contributed by atoms with Crippen LogP contribution in [-0.4, -0.2) is 24.8 Å². The topological polar surface area (TPSA) is 55.7 Å². The lowest BCUT2D eigenvalue weighted by Crippen LogP contribution is -2.28. The number of hydrogen-bond acceptors (Lipinski definition) is 4. The number of rotatable bonds is 4. The fraction of sp³-hybridized carbons (Fsp3) is 0.273. The number of carbonyl (C=O) groups is 1. The van der Waals surface area contributed by atoms with Crippen molar-refractivity contribution in [1.82, 2.24) is 0 Å². The van der Waals surface area contributed by atoms with E-state index in [2.05, 4.69) is 9.73 Å². The summed E-state index contributed by atoms with van der Waals surface area (Å²) in [5.41, 5.74) is 0.314. The Bertz CT molecular complexity index is 452. The molecule has 1 aromatic rings. The lowest BCUT2D eigenvalue weighted by Gasteiger charge is -2.16. The predicted octanol–water partition coefficient (Wildman–Crippen LogP) is 2.17.